The van der Waals surface area contributed by atoms with E-state index < -0.39 is 35.5 Å². The first kappa shape index (κ1) is 23.3. The molecule has 1 unspecified atom stereocenters. The summed E-state index contributed by atoms with van der Waals surface area (Å²) in [5, 5.41) is 0. The molecule has 168 valence electrons. The maximum Gasteiger partial charge on any atom is 0.416 e. The van der Waals surface area contributed by atoms with Crippen molar-refractivity contribution in [3.63, 3.8) is 0 Å². The molecule has 0 heterocycles. The third kappa shape index (κ3) is 5.87. The Bertz CT molecular complexity index is 872. The molecule has 8 heteroatoms. The lowest BCUT2D eigenvalue weighted by atomic mass is 9.75. The number of carbonyl (C=O) groups excluding carboxylic acids is 1. The van der Waals surface area contributed by atoms with Crippen molar-refractivity contribution in [2.24, 2.45) is 0 Å². The monoisotopic (exact) mass is 444 g/mol. The number of carbonyl (C=O) groups is 1. The first-order chi connectivity index (χ1) is 14.5. The van der Waals surface area contributed by atoms with Crippen LogP contribution < -0.4 is 0 Å². The lowest BCUT2D eigenvalue weighted by Crippen LogP contribution is -2.31. The molecule has 1 aliphatic rings. The van der Waals surface area contributed by atoms with Crippen LogP contribution in [0.3, 0.4) is 0 Å². The summed E-state index contributed by atoms with van der Waals surface area (Å²) in [7, 11) is 0. The summed E-state index contributed by atoms with van der Waals surface area (Å²) < 4.78 is 84.1. The largest absolute Gasteiger partial charge is 0.416 e. The zero-order valence-electron chi connectivity index (χ0n) is 16.7. The average molecular weight is 444 g/mol. The zero-order chi connectivity index (χ0) is 22.7. The van der Waals surface area contributed by atoms with Crippen LogP contribution in [-0.4, -0.2) is 12.4 Å². The van der Waals surface area contributed by atoms with Crippen LogP contribution in [0, 0.1) is 0 Å². The Hall–Kier alpha value is -2.35. The van der Waals surface area contributed by atoms with E-state index in [1.807, 2.05) is 30.3 Å². The Morgan fingerprint density at radius 1 is 0.839 bits per heavy atom. The van der Waals surface area contributed by atoms with Gasteiger partial charge in [0.05, 0.1) is 24.3 Å². The first-order valence-electron chi connectivity index (χ1n) is 9.93. The van der Waals surface area contributed by atoms with Crippen molar-refractivity contribution in [1.82, 2.24) is 0 Å². The van der Waals surface area contributed by atoms with E-state index in [1.54, 1.807) is 0 Å². The Morgan fingerprint density at radius 2 is 1.45 bits per heavy atom. The summed E-state index contributed by atoms with van der Waals surface area (Å²) in [6.45, 7) is -0.294. The third-order valence-electron chi connectivity index (χ3n) is 5.67. The van der Waals surface area contributed by atoms with Gasteiger partial charge in [0, 0.05) is 18.3 Å². The van der Waals surface area contributed by atoms with Crippen LogP contribution in [0.1, 0.15) is 54.4 Å². The van der Waals surface area contributed by atoms with Gasteiger partial charge in [0.25, 0.3) is 0 Å². The molecular formula is C23H22F6O2. The topological polar surface area (TPSA) is 26.3 Å². The van der Waals surface area contributed by atoms with Crippen molar-refractivity contribution >= 4 is 5.78 Å². The molecule has 2 aromatic carbocycles. The molecule has 0 aromatic heterocycles. The summed E-state index contributed by atoms with van der Waals surface area (Å²) in [5.41, 5.74) is -2.49. The highest BCUT2D eigenvalue weighted by Gasteiger charge is 2.38. The number of ketones is 1. The van der Waals surface area contributed by atoms with Gasteiger partial charge in [0.15, 0.2) is 0 Å². The van der Waals surface area contributed by atoms with E-state index >= 15 is 0 Å². The molecule has 2 aromatic rings. The number of halogens is 6. The number of hydrogen-bond donors (Lipinski definition) is 0. The van der Waals surface area contributed by atoms with Gasteiger partial charge in [0.1, 0.15) is 5.78 Å². The summed E-state index contributed by atoms with van der Waals surface area (Å²) in [5.74, 6) is 0.144. The Morgan fingerprint density at radius 3 is 2.03 bits per heavy atom. The maximum atomic E-state index is 13.1. The molecule has 3 rings (SSSR count). The van der Waals surface area contributed by atoms with Gasteiger partial charge in [-0.05, 0) is 48.6 Å². The van der Waals surface area contributed by atoms with Crippen molar-refractivity contribution in [2.45, 2.75) is 56.5 Å². The van der Waals surface area contributed by atoms with Crippen LogP contribution >= 0.6 is 0 Å². The summed E-state index contributed by atoms with van der Waals surface area (Å²) in [4.78, 5) is 11.9. The molecule has 0 N–H and O–H groups in total. The van der Waals surface area contributed by atoms with E-state index in [2.05, 4.69) is 0 Å². The van der Waals surface area contributed by atoms with Gasteiger partial charge in [-0.1, -0.05) is 30.3 Å². The standard InChI is InChI=1S/C23H22F6O2/c24-22(25,26)18-11-16(12-19(13-18)23(27,28)29)14-31-15-21(17-5-2-1-3-6-17)9-4-7-20(30)8-10-21/h1-3,5-6,11-13H,4,7-10,14-15H2. The summed E-state index contributed by atoms with van der Waals surface area (Å²) in [6.07, 6.45) is -7.16. The first-order valence-corrected chi connectivity index (χ1v) is 9.93. The van der Waals surface area contributed by atoms with E-state index in [-0.39, 0.29) is 24.0 Å². The molecule has 0 radical (unpaired) electrons. The maximum absolute atomic E-state index is 13.1. The minimum absolute atomic E-state index is 0.0991. The van der Waals surface area contributed by atoms with Gasteiger partial charge in [-0.25, -0.2) is 0 Å². The normalized spacial score (nSPS) is 20.5. The van der Waals surface area contributed by atoms with Gasteiger partial charge in [-0.3, -0.25) is 4.79 Å². The van der Waals surface area contributed by atoms with Crippen molar-refractivity contribution < 1.29 is 35.9 Å². The fraction of sp³-hybridized carbons (Fsp3) is 0.435. The Balaban J connectivity index is 1.83. The van der Waals surface area contributed by atoms with E-state index in [0.29, 0.717) is 44.2 Å². The van der Waals surface area contributed by atoms with Crippen molar-refractivity contribution in [2.75, 3.05) is 6.61 Å². The third-order valence-corrected chi connectivity index (χ3v) is 5.67. The molecule has 2 nitrogen and oxygen atoms in total. The number of Topliss-reactive ketones (excluding diaryl/α,β-unsaturated/α-hetero) is 1. The molecule has 1 aliphatic carbocycles. The smallest absolute Gasteiger partial charge is 0.376 e. The SMILES string of the molecule is O=C1CCCC(COCc2cc(C(F)(F)F)cc(C(F)(F)F)c2)(c2ccccc2)CC1. The lowest BCUT2D eigenvalue weighted by Gasteiger charge is -2.33. The molecule has 0 saturated heterocycles. The van der Waals surface area contributed by atoms with E-state index in [0.717, 1.165) is 5.56 Å². The van der Waals surface area contributed by atoms with Crippen LogP contribution in [-0.2, 0) is 33.9 Å². The van der Waals surface area contributed by atoms with Gasteiger partial charge in [0.2, 0.25) is 0 Å². The van der Waals surface area contributed by atoms with Crippen molar-refractivity contribution in [3.8, 4) is 0 Å². The molecule has 1 atom stereocenters. The fourth-order valence-corrected chi connectivity index (χ4v) is 4.03. The summed E-state index contributed by atoms with van der Waals surface area (Å²) >= 11 is 0. The van der Waals surface area contributed by atoms with Crippen molar-refractivity contribution in [1.29, 1.82) is 0 Å². The van der Waals surface area contributed by atoms with Crippen LogP contribution in [0.2, 0.25) is 0 Å². The van der Waals surface area contributed by atoms with E-state index in [1.165, 1.54) is 0 Å². The van der Waals surface area contributed by atoms with E-state index in [4.69, 9.17) is 4.74 Å². The van der Waals surface area contributed by atoms with Gasteiger partial charge >= 0.3 is 12.4 Å². The van der Waals surface area contributed by atoms with Crippen LogP contribution in [0.15, 0.2) is 48.5 Å². The molecule has 0 bridgehead atoms. The Kier molecular flexibility index (Phi) is 6.79. The van der Waals surface area contributed by atoms with Gasteiger partial charge < -0.3 is 4.74 Å². The average Bonchev–Trinajstić information content (AvgIpc) is 2.89. The number of ether oxygens (including phenoxy) is 1. The predicted molar refractivity (Wildman–Crippen MR) is 102 cm³/mol. The van der Waals surface area contributed by atoms with Crippen LogP contribution in [0.25, 0.3) is 0 Å². The van der Waals surface area contributed by atoms with E-state index in [9.17, 15) is 31.1 Å². The summed E-state index contributed by atoms with van der Waals surface area (Å²) in [6, 6.07) is 10.8. The highest BCUT2D eigenvalue weighted by Crippen LogP contribution is 2.39. The number of rotatable bonds is 5. The molecule has 0 amide bonds. The van der Waals surface area contributed by atoms with Gasteiger partial charge in [-0.2, -0.15) is 26.3 Å². The van der Waals surface area contributed by atoms with Crippen LogP contribution in [0.4, 0.5) is 26.3 Å². The molecule has 0 aliphatic heterocycles. The second kappa shape index (κ2) is 9.02. The molecule has 31 heavy (non-hydrogen) atoms. The van der Waals surface area contributed by atoms with Crippen LogP contribution in [0.5, 0.6) is 0 Å². The minimum atomic E-state index is -4.90. The molecule has 1 saturated carbocycles. The van der Waals surface area contributed by atoms with Crippen molar-refractivity contribution in [3.05, 3.63) is 70.8 Å². The molecular weight excluding hydrogens is 422 g/mol. The second-order valence-electron chi connectivity index (χ2n) is 7.95. The molecule has 0 spiro atoms. The quantitative estimate of drug-likeness (QED) is 0.378. The highest BCUT2D eigenvalue weighted by atomic mass is 19.4. The molecule has 1 fully saturated rings. The zero-order valence-corrected chi connectivity index (χ0v) is 16.7. The highest BCUT2D eigenvalue weighted by molar-refractivity contribution is 5.78. The number of hydrogen-bond acceptors (Lipinski definition) is 2. The van der Waals surface area contributed by atoms with Gasteiger partial charge in [-0.15, -0.1) is 0 Å². The fourth-order valence-electron chi connectivity index (χ4n) is 4.03. The Labute approximate surface area is 176 Å². The predicted octanol–water partition coefficient (Wildman–Crippen LogP) is 6.71. The second-order valence-corrected chi connectivity index (χ2v) is 7.95. The lowest BCUT2D eigenvalue weighted by molar-refractivity contribution is -0.143. The minimum Gasteiger partial charge on any atom is -0.376 e. The number of alkyl halides is 6. The number of benzene rings is 2.